The molecule has 0 aliphatic carbocycles. The highest BCUT2D eigenvalue weighted by atomic mass is 16.4. The number of carbonyl (C=O) groups excluding carboxylic acids is 1. The Morgan fingerprint density at radius 3 is 2.35 bits per heavy atom. The number of rotatable bonds is 6. The Balaban J connectivity index is 2.71. The zero-order chi connectivity index (χ0) is 12.8. The average Bonchev–Trinajstić information content (AvgIpc) is 2.30. The molecule has 92 valence electrons. The van der Waals surface area contributed by atoms with Crippen molar-refractivity contribution in [2.75, 3.05) is 7.05 Å². The fourth-order valence-electron chi connectivity index (χ4n) is 1.59. The third-order valence-electron chi connectivity index (χ3n) is 2.65. The summed E-state index contributed by atoms with van der Waals surface area (Å²) in [7, 11) is 1.67. The highest BCUT2D eigenvalue weighted by Gasteiger charge is 2.18. The molecule has 2 N–H and O–H groups in total. The Morgan fingerprint density at radius 2 is 1.88 bits per heavy atom. The van der Waals surface area contributed by atoms with Crippen molar-refractivity contribution in [3.63, 3.8) is 0 Å². The lowest BCUT2D eigenvalue weighted by atomic mass is 9.99. The molecule has 1 aromatic rings. The Bertz CT molecular complexity index is 398. The first-order chi connectivity index (χ1) is 8.04. The molecule has 0 saturated carbocycles. The van der Waals surface area contributed by atoms with Crippen molar-refractivity contribution in [1.82, 2.24) is 5.32 Å². The maximum Gasteiger partial charge on any atom is 0.303 e. The Labute approximate surface area is 101 Å². The van der Waals surface area contributed by atoms with Crippen LogP contribution in [0.25, 0.3) is 0 Å². The number of hydrogen-bond acceptors (Lipinski definition) is 3. The van der Waals surface area contributed by atoms with Crippen molar-refractivity contribution in [2.24, 2.45) is 0 Å². The highest BCUT2D eigenvalue weighted by Crippen LogP contribution is 2.09. The first-order valence-electron chi connectivity index (χ1n) is 5.54. The average molecular weight is 235 g/mol. The molecule has 0 saturated heterocycles. The van der Waals surface area contributed by atoms with Gasteiger partial charge in [-0.05, 0) is 20.4 Å². The number of carboxylic acids is 1. The molecule has 1 unspecified atom stereocenters. The minimum Gasteiger partial charge on any atom is -0.481 e. The van der Waals surface area contributed by atoms with Gasteiger partial charge in [-0.3, -0.25) is 9.59 Å². The number of nitrogens with one attached hydrogen (secondary N) is 1. The fourth-order valence-corrected chi connectivity index (χ4v) is 1.59. The van der Waals surface area contributed by atoms with Gasteiger partial charge in [-0.1, -0.05) is 29.8 Å². The smallest absolute Gasteiger partial charge is 0.303 e. The zero-order valence-electron chi connectivity index (χ0n) is 10.1. The second-order valence-corrected chi connectivity index (χ2v) is 4.00. The van der Waals surface area contributed by atoms with Crippen LogP contribution >= 0.6 is 0 Å². The molecule has 0 aliphatic heterocycles. The number of carboxylic acid groups (broad SMARTS) is 1. The van der Waals surface area contributed by atoms with Gasteiger partial charge in [0.15, 0.2) is 5.78 Å². The van der Waals surface area contributed by atoms with Crippen LogP contribution in [0.4, 0.5) is 0 Å². The normalized spacial score (nSPS) is 12.1. The van der Waals surface area contributed by atoms with E-state index in [4.69, 9.17) is 5.11 Å². The quantitative estimate of drug-likeness (QED) is 0.735. The van der Waals surface area contributed by atoms with E-state index in [1.165, 1.54) is 0 Å². The zero-order valence-corrected chi connectivity index (χ0v) is 10.1. The van der Waals surface area contributed by atoms with Gasteiger partial charge in [0.05, 0.1) is 6.04 Å². The van der Waals surface area contributed by atoms with Crippen molar-refractivity contribution in [2.45, 2.75) is 25.8 Å². The molecule has 17 heavy (non-hydrogen) atoms. The Kier molecular flexibility index (Phi) is 4.84. The van der Waals surface area contributed by atoms with E-state index in [2.05, 4.69) is 5.32 Å². The molecule has 0 spiro atoms. The molecular weight excluding hydrogens is 218 g/mol. The van der Waals surface area contributed by atoms with Crippen molar-refractivity contribution >= 4 is 11.8 Å². The number of likely N-dealkylation sites (N-methyl/N-ethyl adjacent to an activating group) is 1. The number of benzene rings is 1. The van der Waals surface area contributed by atoms with Gasteiger partial charge in [-0.25, -0.2) is 0 Å². The third-order valence-corrected chi connectivity index (χ3v) is 2.65. The van der Waals surface area contributed by atoms with Gasteiger partial charge in [0.1, 0.15) is 0 Å². The van der Waals surface area contributed by atoms with E-state index in [1.54, 1.807) is 19.2 Å². The molecule has 0 bridgehead atoms. The predicted molar refractivity (Wildman–Crippen MR) is 65.2 cm³/mol. The number of Topliss-reactive ketones (excluding diaryl/α,β-unsaturated/α-hetero) is 1. The first-order valence-corrected chi connectivity index (χ1v) is 5.54. The summed E-state index contributed by atoms with van der Waals surface area (Å²) in [5, 5.41) is 11.5. The van der Waals surface area contributed by atoms with Crippen LogP contribution in [0, 0.1) is 6.92 Å². The van der Waals surface area contributed by atoms with Gasteiger partial charge in [-0.15, -0.1) is 0 Å². The van der Waals surface area contributed by atoms with E-state index in [9.17, 15) is 9.59 Å². The van der Waals surface area contributed by atoms with Crippen LogP contribution in [0.1, 0.15) is 28.8 Å². The second kappa shape index (κ2) is 6.15. The monoisotopic (exact) mass is 235 g/mol. The highest BCUT2D eigenvalue weighted by molar-refractivity contribution is 6.00. The van der Waals surface area contributed by atoms with Crippen LogP contribution in [0.3, 0.4) is 0 Å². The van der Waals surface area contributed by atoms with E-state index in [0.29, 0.717) is 12.0 Å². The number of hydrogen-bond donors (Lipinski definition) is 2. The van der Waals surface area contributed by atoms with Gasteiger partial charge < -0.3 is 10.4 Å². The van der Waals surface area contributed by atoms with Crippen LogP contribution in [0.2, 0.25) is 0 Å². The van der Waals surface area contributed by atoms with E-state index in [1.807, 2.05) is 19.1 Å². The standard InChI is InChI=1S/C13H17NO3/c1-9-3-5-10(6-4-9)13(17)11(14-2)7-8-12(15)16/h3-6,11,14H,7-8H2,1-2H3,(H,15,16). The van der Waals surface area contributed by atoms with E-state index in [-0.39, 0.29) is 12.2 Å². The first kappa shape index (κ1) is 13.4. The topological polar surface area (TPSA) is 66.4 Å². The van der Waals surface area contributed by atoms with Gasteiger partial charge in [-0.2, -0.15) is 0 Å². The molecule has 0 radical (unpaired) electrons. The summed E-state index contributed by atoms with van der Waals surface area (Å²) in [6.07, 6.45) is 0.293. The summed E-state index contributed by atoms with van der Waals surface area (Å²) in [5.74, 6) is -0.948. The molecule has 1 aromatic carbocycles. The number of ketones is 1. The molecule has 0 heterocycles. The summed E-state index contributed by atoms with van der Waals surface area (Å²) in [5.41, 5.74) is 1.70. The SMILES string of the molecule is CNC(CCC(=O)O)C(=O)c1ccc(C)cc1. The van der Waals surface area contributed by atoms with Gasteiger partial charge in [0, 0.05) is 12.0 Å². The lowest BCUT2D eigenvalue weighted by molar-refractivity contribution is -0.137. The van der Waals surface area contributed by atoms with Crippen molar-refractivity contribution < 1.29 is 14.7 Å². The van der Waals surface area contributed by atoms with Crippen LogP contribution < -0.4 is 5.32 Å². The van der Waals surface area contributed by atoms with Crippen LogP contribution in [-0.2, 0) is 4.79 Å². The van der Waals surface area contributed by atoms with Gasteiger partial charge >= 0.3 is 5.97 Å². The molecule has 0 aliphatic rings. The maximum absolute atomic E-state index is 12.0. The van der Waals surface area contributed by atoms with E-state index >= 15 is 0 Å². The van der Waals surface area contributed by atoms with Crippen LogP contribution in [-0.4, -0.2) is 29.9 Å². The molecule has 4 nitrogen and oxygen atoms in total. The number of carbonyl (C=O) groups is 2. The molecule has 1 atom stereocenters. The molecular formula is C13H17NO3. The minimum absolute atomic E-state index is 0.0108. The molecule has 0 aromatic heterocycles. The fraction of sp³-hybridized carbons (Fsp3) is 0.385. The van der Waals surface area contributed by atoms with Crippen LogP contribution in [0.15, 0.2) is 24.3 Å². The van der Waals surface area contributed by atoms with Crippen LogP contribution in [0.5, 0.6) is 0 Å². The second-order valence-electron chi connectivity index (χ2n) is 4.00. The molecule has 0 amide bonds. The summed E-state index contributed by atoms with van der Waals surface area (Å²) in [6.45, 7) is 1.95. The molecule has 4 heteroatoms. The molecule has 1 rings (SSSR count). The largest absolute Gasteiger partial charge is 0.481 e. The Morgan fingerprint density at radius 1 is 1.29 bits per heavy atom. The summed E-state index contributed by atoms with van der Waals surface area (Å²) < 4.78 is 0. The molecule has 0 fully saturated rings. The third kappa shape index (κ3) is 4.00. The van der Waals surface area contributed by atoms with Gasteiger partial charge in [0.2, 0.25) is 0 Å². The minimum atomic E-state index is -0.887. The lowest BCUT2D eigenvalue weighted by Crippen LogP contribution is -2.34. The number of aliphatic carboxylic acids is 1. The number of aryl methyl sites for hydroxylation is 1. The lowest BCUT2D eigenvalue weighted by Gasteiger charge is -2.13. The van der Waals surface area contributed by atoms with Crippen molar-refractivity contribution in [1.29, 1.82) is 0 Å². The van der Waals surface area contributed by atoms with E-state index < -0.39 is 12.0 Å². The van der Waals surface area contributed by atoms with E-state index in [0.717, 1.165) is 5.56 Å². The maximum atomic E-state index is 12.0. The predicted octanol–water partition coefficient (Wildman–Crippen LogP) is 1.63. The summed E-state index contributed by atoms with van der Waals surface area (Å²) in [6, 6.07) is 6.84. The summed E-state index contributed by atoms with van der Waals surface area (Å²) >= 11 is 0. The van der Waals surface area contributed by atoms with Crippen molar-refractivity contribution in [3.05, 3.63) is 35.4 Å². The summed E-state index contributed by atoms with van der Waals surface area (Å²) in [4.78, 5) is 22.5. The Hall–Kier alpha value is -1.68. The van der Waals surface area contributed by atoms with Crippen molar-refractivity contribution in [3.8, 4) is 0 Å². The van der Waals surface area contributed by atoms with Gasteiger partial charge in [0.25, 0.3) is 0 Å².